The molecule has 0 unspecified atom stereocenters. The SMILES string of the molecule is CCO[P@@](=O)(C#Cc1ccccc1)[C@H](O)c1ccc(Br)cc1. The summed E-state index contributed by atoms with van der Waals surface area (Å²) in [4.78, 5) is 0. The molecule has 22 heavy (non-hydrogen) atoms. The van der Waals surface area contributed by atoms with Crippen molar-refractivity contribution in [2.24, 2.45) is 0 Å². The lowest BCUT2D eigenvalue weighted by Gasteiger charge is -2.18. The minimum atomic E-state index is -3.53. The second-order valence-electron chi connectivity index (χ2n) is 4.54. The summed E-state index contributed by atoms with van der Waals surface area (Å²) in [6.45, 7) is 1.94. The third-order valence-electron chi connectivity index (χ3n) is 2.94. The van der Waals surface area contributed by atoms with Gasteiger partial charge in [0, 0.05) is 10.0 Å². The van der Waals surface area contributed by atoms with Crippen molar-refractivity contribution in [3.05, 3.63) is 70.2 Å². The molecule has 0 aliphatic rings. The maximum atomic E-state index is 12.9. The third-order valence-corrected chi connectivity index (χ3v) is 5.48. The van der Waals surface area contributed by atoms with Crippen LogP contribution >= 0.6 is 23.3 Å². The molecule has 2 atom stereocenters. The number of hydrogen-bond donors (Lipinski definition) is 1. The standard InChI is InChI=1S/C17H16BrO3P/c1-2-21-22(20,13-12-14-6-4-3-5-7-14)17(19)15-8-10-16(18)11-9-15/h3-11,17,19H,2H2,1H3/t17-,22-/m0/s1. The van der Waals surface area contributed by atoms with Crippen molar-refractivity contribution in [1.29, 1.82) is 0 Å². The molecule has 2 rings (SSSR count). The lowest BCUT2D eigenvalue weighted by molar-refractivity contribution is 0.219. The van der Waals surface area contributed by atoms with E-state index in [9.17, 15) is 9.67 Å². The normalized spacial score (nSPS) is 14.5. The molecule has 114 valence electrons. The Bertz CT molecular complexity index is 717. The Labute approximate surface area is 138 Å². The first-order valence-corrected chi connectivity index (χ1v) is 9.30. The number of rotatable bonds is 4. The molecule has 0 spiro atoms. The molecular weight excluding hydrogens is 363 g/mol. The van der Waals surface area contributed by atoms with E-state index in [0.29, 0.717) is 5.56 Å². The lowest BCUT2D eigenvalue weighted by atomic mass is 10.2. The molecule has 0 aromatic heterocycles. The number of aliphatic hydroxyl groups is 1. The highest BCUT2D eigenvalue weighted by atomic mass is 79.9. The highest BCUT2D eigenvalue weighted by Gasteiger charge is 2.32. The van der Waals surface area contributed by atoms with Gasteiger partial charge in [0.1, 0.15) is 0 Å². The Kier molecular flexibility index (Phi) is 5.99. The molecule has 0 saturated heterocycles. The van der Waals surface area contributed by atoms with Crippen LogP contribution in [-0.2, 0) is 9.09 Å². The van der Waals surface area contributed by atoms with Crippen LogP contribution in [0.2, 0.25) is 0 Å². The zero-order valence-corrected chi connectivity index (χ0v) is 14.5. The maximum Gasteiger partial charge on any atom is 0.306 e. The Morgan fingerprint density at radius 3 is 2.41 bits per heavy atom. The van der Waals surface area contributed by atoms with Gasteiger partial charge in [-0.1, -0.05) is 52.2 Å². The quantitative estimate of drug-likeness (QED) is 0.615. The largest absolute Gasteiger partial charge is 0.377 e. The van der Waals surface area contributed by atoms with E-state index in [4.69, 9.17) is 4.52 Å². The Morgan fingerprint density at radius 1 is 1.18 bits per heavy atom. The van der Waals surface area contributed by atoms with Crippen LogP contribution in [0, 0.1) is 11.6 Å². The van der Waals surface area contributed by atoms with Gasteiger partial charge in [-0.15, -0.1) is 0 Å². The van der Waals surface area contributed by atoms with Gasteiger partial charge >= 0.3 is 7.37 Å². The number of halogens is 1. The van der Waals surface area contributed by atoms with Crippen molar-refractivity contribution >= 4 is 23.3 Å². The summed E-state index contributed by atoms with van der Waals surface area (Å²) in [7, 11) is -3.53. The van der Waals surface area contributed by atoms with Crippen LogP contribution in [0.15, 0.2) is 59.1 Å². The number of hydrogen-bond acceptors (Lipinski definition) is 3. The Balaban J connectivity index is 2.33. The van der Waals surface area contributed by atoms with Gasteiger partial charge in [0.15, 0.2) is 5.85 Å². The second kappa shape index (κ2) is 7.76. The van der Waals surface area contributed by atoms with Gasteiger partial charge in [-0.2, -0.15) is 0 Å². The summed E-state index contributed by atoms with van der Waals surface area (Å²) in [5.74, 6) is 1.56. The van der Waals surface area contributed by atoms with E-state index in [-0.39, 0.29) is 6.61 Å². The number of benzene rings is 2. The van der Waals surface area contributed by atoms with Gasteiger partial charge in [-0.25, -0.2) is 0 Å². The van der Waals surface area contributed by atoms with Crippen molar-refractivity contribution < 1.29 is 14.2 Å². The predicted octanol–water partition coefficient (Wildman–Crippen LogP) is 4.76. The fourth-order valence-corrected chi connectivity index (χ4v) is 3.68. The van der Waals surface area contributed by atoms with Crippen molar-refractivity contribution in [2.45, 2.75) is 12.8 Å². The molecule has 5 heteroatoms. The summed E-state index contributed by atoms with van der Waals surface area (Å²) in [5, 5.41) is 10.4. The molecule has 0 aliphatic carbocycles. The van der Waals surface area contributed by atoms with Crippen molar-refractivity contribution in [3.63, 3.8) is 0 Å². The molecule has 0 aliphatic heterocycles. The fraction of sp³-hybridized carbons (Fsp3) is 0.176. The monoisotopic (exact) mass is 378 g/mol. The molecule has 0 amide bonds. The van der Waals surface area contributed by atoms with E-state index in [1.807, 2.05) is 30.3 Å². The molecule has 0 fully saturated rings. The first-order valence-electron chi connectivity index (χ1n) is 6.81. The van der Waals surface area contributed by atoms with Gasteiger partial charge in [0.2, 0.25) is 0 Å². The topological polar surface area (TPSA) is 46.5 Å². The first-order chi connectivity index (χ1) is 10.5. The molecule has 2 aromatic carbocycles. The third kappa shape index (κ3) is 4.32. The maximum absolute atomic E-state index is 12.9. The van der Waals surface area contributed by atoms with E-state index in [0.717, 1.165) is 10.0 Å². The van der Waals surface area contributed by atoms with Crippen LogP contribution in [0.4, 0.5) is 0 Å². The highest BCUT2D eigenvalue weighted by Crippen LogP contribution is 2.57. The van der Waals surface area contributed by atoms with Gasteiger partial charge in [-0.05, 0) is 42.4 Å². The van der Waals surface area contributed by atoms with Gasteiger partial charge in [0.25, 0.3) is 0 Å². The average Bonchev–Trinajstić information content (AvgIpc) is 2.54. The molecule has 0 radical (unpaired) electrons. The van der Waals surface area contributed by atoms with Crippen LogP contribution in [0.3, 0.4) is 0 Å². The van der Waals surface area contributed by atoms with Gasteiger partial charge in [-0.3, -0.25) is 4.57 Å². The van der Waals surface area contributed by atoms with E-state index in [1.54, 1.807) is 31.2 Å². The van der Waals surface area contributed by atoms with Gasteiger partial charge < -0.3 is 9.63 Å². The van der Waals surface area contributed by atoms with E-state index in [2.05, 4.69) is 27.5 Å². The summed E-state index contributed by atoms with van der Waals surface area (Å²) in [5.41, 5.74) is 3.89. The van der Waals surface area contributed by atoms with Crippen LogP contribution in [0.5, 0.6) is 0 Å². The van der Waals surface area contributed by atoms with Crippen LogP contribution in [0.25, 0.3) is 0 Å². The van der Waals surface area contributed by atoms with E-state index in [1.165, 1.54) is 0 Å². The summed E-state index contributed by atoms with van der Waals surface area (Å²) >= 11 is 3.33. The van der Waals surface area contributed by atoms with E-state index >= 15 is 0 Å². The van der Waals surface area contributed by atoms with Gasteiger partial charge in [0.05, 0.1) is 6.61 Å². The van der Waals surface area contributed by atoms with Crippen LogP contribution < -0.4 is 0 Å². The minimum Gasteiger partial charge on any atom is -0.377 e. The zero-order chi connectivity index (χ0) is 16.0. The molecule has 0 bridgehead atoms. The highest BCUT2D eigenvalue weighted by molar-refractivity contribution is 9.10. The van der Waals surface area contributed by atoms with Crippen LogP contribution in [0.1, 0.15) is 23.9 Å². The summed E-state index contributed by atoms with van der Waals surface area (Å²) in [6, 6.07) is 16.2. The molecule has 1 N–H and O–H groups in total. The molecule has 3 nitrogen and oxygen atoms in total. The molecule has 0 saturated carbocycles. The zero-order valence-electron chi connectivity index (χ0n) is 12.1. The number of aliphatic hydroxyl groups excluding tert-OH is 1. The summed E-state index contributed by atoms with van der Waals surface area (Å²) < 4.78 is 19.1. The molecule has 0 heterocycles. The van der Waals surface area contributed by atoms with Crippen molar-refractivity contribution in [2.75, 3.05) is 6.61 Å². The Hall–Kier alpha value is -1.37. The molecular formula is C17H16BrO3P. The smallest absolute Gasteiger partial charge is 0.306 e. The summed E-state index contributed by atoms with van der Waals surface area (Å²) in [6.07, 6.45) is 0. The van der Waals surface area contributed by atoms with E-state index < -0.39 is 13.2 Å². The second-order valence-corrected chi connectivity index (χ2v) is 7.62. The minimum absolute atomic E-state index is 0.217. The van der Waals surface area contributed by atoms with Crippen molar-refractivity contribution in [1.82, 2.24) is 0 Å². The first kappa shape index (κ1) is 17.0. The average molecular weight is 379 g/mol. The fourth-order valence-electron chi connectivity index (χ4n) is 1.85. The van der Waals surface area contributed by atoms with Crippen molar-refractivity contribution in [3.8, 4) is 11.6 Å². The lowest BCUT2D eigenvalue weighted by Crippen LogP contribution is -2.01. The molecule has 2 aromatic rings. The predicted molar refractivity (Wildman–Crippen MR) is 91.7 cm³/mol. The Morgan fingerprint density at radius 2 is 1.82 bits per heavy atom. The van der Waals surface area contributed by atoms with Crippen LogP contribution in [-0.4, -0.2) is 11.7 Å².